The minimum atomic E-state index is -4.59. The van der Waals surface area contributed by atoms with Crippen LogP contribution in [-0.2, 0) is 18.4 Å². The van der Waals surface area contributed by atoms with Crippen LogP contribution in [-0.4, -0.2) is 68.5 Å². The van der Waals surface area contributed by atoms with Gasteiger partial charge in [-0.25, -0.2) is 0 Å². The molecule has 8 nitrogen and oxygen atoms in total. The lowest BCUT2D eigenvalue weighted by atomic mass is 10.0. The molecule has 3 atom stereocenters. The van der Waals surface area contributed by atoms with Crippen LogP contribution in [0.1, 0.15) is 290 Å². The normalized spacial score (nSPS) is 14.4. The van der Waals surface area contributed by atoms with Gasteiger partial charge in [0.2, 0.25) is 5.91 Å². The smallest absolute Gasteiger partial charge is 0.268 e. The largest absolute Gasteiger partial charge is 0.756 e. The number of hydrogen-bond acceptors (Lipinski definition) is 6. The summed E-state index contributed by atoms with van der Waals surface area (Å²) >= 11 is 0. The molecule has 9 heteroatoms. The minimum absolute atomic E-state index is 0.00643. The predicted octanol–water partition coefficient (Wildman–Crippen LogP) is 20.3. The Balaban J connectivity index is 4.14. The highest BCUT2D eigenvalue weighted by atomic mass is 31.2. The maximum Gasteiger partial charge on any atom is 0.268 e. The van der Waals surface area contributed by atoms with E-state index >= 15 is 0 Å². The molecule has 1 amide bonds. The van der Waals surface area contributed by atoms with E-state index in [1.165, 1.54) is 167 Å². The molecular formula is C70H127N2O6P. The van der Waals surface area contributed by atoms with Crippen LogP contribution in [0.2, 0.25) is 0 Å². The van der Waals surface area contributed by atoms with Crippen molar-refractivity contribution in [3.05, 3.63) is 97.2 Å². The Labute approximate surface area is 489 Å². The zero-order valence-corrected chi connectivity index (χ0v) is 53.2. The predicted molar refractivity (Wildman–Crippen MR) is 343 cm³/mol. The van der Waals surface area contributed by atoms with E-state index in [1.807, 2.05) is 21.1 Å². The van der Waals surface area contributed by atoms with Crippen molar-refractivity contribution in [2.24, 2.45) is 0 Å². The summed E-state index contributed by atoms with van der Waals surface area (Å²) < 4.78 is 23.5. The highest BCUT2D eigenvalue weighted by Gasteiger charge is 2.24. The van der Waals surface area contributed by atoms with Crippen LogP contribution in [0.25, 0.3) is 0 Å². The van der Waals surface area contributed by atoms with E-state index in [-0.39, 0.29) is 19.1 Å². The first-order valence-corrected chi connectivity index (χ1v) is 34.5. The Hall–Kier alpha value is -2.58. The number of nitrogens with zero attached hydrogens (tertiary/aromatic N) is 1. The van der Waals surface area contributed by atoms with Gasteiger partial charge in [0.25, 0.3) is 7.82 Å². The first-order valence-electron chi connectivity index (χ1n) is 33.1. The number of nitrogens with one attached hydrogen (secondary N) is 1. The van der Waals surface area contributed by atoms with Crippen molar-refractivity contribution in [2.75, 3.05) is 40.9 Å². The summed E-state index contributed by atoms with van der Waals surface area (Å²) in [6, 6.07) is -0.813. The first kappa shape index (κ1) is 76.4. The average molecular weight is 1120 g/mol. The lowest BCUT2D eigenvalue weighted by molar-refractivity contribution is -0.870. The third-order valence-electron chi connectivity index (χ3n) is 14.6. The van der Waals surface area contributed by atoms with Crippen LogP contribution in [0.5, 0.6) is 0 Å². The number of aliphatic hydroxyl groups excluding tert-OH is 1. The maximum absolute atomic E-state index is 13.0. The summed E-state index contributed by atoms with van der Waals surface area (Å²) in [7, 11) is 1.29. The quantitative estimate of drug-likeness (QED) is 0.0272. The van der Waals surface area contributed by atoms with Gasteiger partial charge in [0.1, 0.15) is 13.2 Å². The van der Waals surface area contributed by atoms with Gasteiger partial charge in [-0.1, -0.05) is 304 Å². The summed E-state index contributed by atoms with van der Waals surface area (Å²) in [4.78, 5) is 25.6. The molecule has 0 spiro atoms. The van der Waals surface area contributed by atoms with Crippen molar-refractivity contribution < 1.29 is 32.9 Å². The number of carbonyl (C=O) groups excluding carboxylic acids is 1. The van der Waals surface area contributed by atoms with Crippen LogP contribution in [0.4, 0.5) is 0 Å². The summed E-state index contributed by atoms with van der Waals surface area (Å²) in [5.41, 5.74) is 0. The molecule has 0 aromatic rings. The Morgan fingerprint density at radius 1 is 0.456 bits per heavy atom. The Morgan fingerprint density at radius 2 is 0.772 bits per heavy atom. The molecule has 458 valence electrons. The lowest BCUT2D eigenvalue weighted by Crippen LogP contribution is -2.46. The number of quaternary nitrogens is 1. The number of hydrogen-bond donors (Lipinski definition) is 2. The molecule has 2 N–H and O–H groups in total. The zero-order chi connectivity index (χ0) is 57.7. The molecular weight excluding hydrogens is 996 g/mol. The van der Waals surface area contributed by atoms with E-state index in [0.717, 1.165) is 96.3 Å². The standard InChI is InChI=1S/C70H127N2O6P/c1-6-8-10-12-14-16-18-20-22-24-26-28-30-32-33-34-35-36-37-38-39-40-42-44-46-48-50-52-54-56-58-60-62-64-70(74)71-68(67-78-79(75,76)77-66-65-72(3,4)5)69(73)63-61-59-57-55-53-51-49-47-45-43-41-31-29-27-25-23-21-19-17-15-13-11-9-7-2/h8,10,14,16,20,22,26,28,32-33,35-36,38-39,42,44,68-69,73H,6-7,9,11-13,15,17-19,21,23-25,27,29-31,34,37,40-41,43,45-67H2,1-5H3,(H-,71,74,75,76)/b10-8-,16-14-,22-20-,28-26-,33-32-,36-35-,39-38-,44-42-. The van der Waals surface area contributed by atoms with Crippen molar-refractivity contribution in [1.82, 2.24) is 5.32 Å². The van der Waals surface area contributed by atoms with Crippen LogP contribution < -0.4 is 10.2 Å². The number of allylic oxidation sites excluding steroid dienone is 16. The van der Waals surface area contributed by atoms with Crippen molar-refractivity contribution in [1.29, 1.82) is 0 Å². The zero-order valence-electron chi connectivity index (χ0n) is 52.3. The molecule has 0 radical (unpaired) electrons. The summed E-state index contributed by atoms with van der Waals surface area (Å²) in [5, 5.41) is 14.1. The average Bonchev–Trinajstić information content (AvgIpc) is 3.42. The van der Waals surface area contributed by atoms with E-state index in [9.17, 15) is 19.4 Å². The van der Waals surface area contributed by atoms with Crippen LogP contribution in [0.15, 0.2) is 97.2 Å². The van der Waals surface area contributed by atoms with E-state index in [4.69, 9.17) is 9.05 Å². The van der Waals surface area contributed by atoms with E-state index in [2.05, 4.69) is 116 Å². The van der Waals surface area contributed by atoms with Gasteiger partial charge in [0.05, 0.1) is 39.9 Å². The second-order valence-electron chi connectivity index (χ2n) is 23.4. The molecule has 0 aliphatic carbocycles. The second-order valence-corrected chi connectivity index (χ2v) is 24.9. The van der Waals surface area contributed by atoms with Crippen molar-refractivity contribution in [2.45, 2.75) is 302 Å². The highest BCUT2D eigenvalue weighted by Crippen LogP contribution is 2.38. The number of amides is 1. The maximum atomic E-state index is 13.0. The molecule has 79 heavy (non-hydrogen) atoms. The fourth-order valence-corrected chi connectivity index (χ4v) is 10.2. The van der Waals surface area contributed by atoms with Crippen molar-refractivity contribution in [3.63, 3.8) is 0 Å². The number of phosphoric acid groups is 1. The fourth-order valence-electron chi connectivity index (χ4n) is 9.47. The molecule has 0 rings (SSSR count). The van der Waals surface area contributed by atoms with Gasteiger partial charge < -0.3 is 28.8 Å². The van der Waals surface area contributed by atoms with Crippen LogP contribution >= 0.6 is 7.82 Å². The molecule has 3 unspecified atom stereocenters. The molecule has 0 heterocycles. The SMILES string of the molecule is CC/C=C\C/C=C\C/C=C\C/C=C\C/C=C\C/C=C\C/C=C\C/C=C\CCCCCCCCCCC(=O)NC(COP(=O)([O-])OCC[N+](C)(C)C)C(O)CCCCCCCCCCCCCCCCCCCCCCCCCC. The Bertz CT molecular complexity index is 1610. The third kappa shape index (κ3) is 62.9. The number of aliphatic hydroxyl groups is 1. The summed E-state index contributed by atoms with van der Waals surface area (Å²) in [6.45, 7) is 4.62. The summed E-state index contributed by atoms with van der Waals surface area (Å²) in [6.07, 6.45) is 86.0. The van der Waals surface area contributed by atoms with Gasteiger partial charge in [0.15, 0.2) is 0 Å². The number of unbranched alkanes of at least 4 members (excludes halogenated alkanes) is 31. The summed E-state index contributed by atoms with van der Waals surface area (Å²) in [5.74, 6) is -0.174. The fraction of sp³-hybridized carbons (Fsp3) is 0.757. The number of carbonyl (C=O) groups is 1. The third-order valence-corrected chi connectivity index (χ3v) is 15.6. The topological polar surface area (TPSA) is 108 Å². The van der Waals surface area contributed by atoms with Gasteiger partial charge in [-0.3, -0.25) is 9.36 Å². The van der Waals surface area contributed by atoms with E-state index < -0.39 is 20.0 Å². The van der Waals surface area contributed by atoms with Gasteiger partial charge >= 0.3 is 0 Å². The van der Waals surface area contributed by atoms with Gasteiger partial charge in [-0.05, 0) is 77.0 Å². The van der Waals surface area contributed by atoms with Crippen LogP contribution in [0, 0.1) is 0 Å². The highest BCUT2D eigenvalue weighted by molar-refractivity contribution is 7.45. The Morgan fingerprint density at radius 3 is 1.13 bits per heavy atom. The number of phosphoric ester groups is 1. The molecule has 0 aliphatic rings. The molecule has 0 fully saturated rings. The minimum Gasteiger partial charge on any atom is -0.756 e. The van der Waals surface area contributed by atoms with Crippen molar-refractivity contribution in [3.8, 4) is 0 Å². The number of likely N-dealkylation sites (N-methyl/N-ethyl adjacent to an activating group) is 1. The Kier molecular flexibility index (Phi) is 58.1. The van der Waals surface area contributed by atoms with Gasteiger partial charge in [-0.2, -0.15) is 0 Å². The van der Waals surface area contributed by atoms with Gasteiger partial charge in [-0.15, -0.1) is 0 Å². The van der Waals surface area contributed by atoms with E-state index in [1.54, 1.807) is 0 Å². The molecule has 0 bridgehead atoms. The molecule has 0 aromatic carbocycles. The van der Waals surface area contributed by atoms with E-state index in [0.29, 0.717) is 23.9 Å². The molecule has 0 aromatic heterocycles. The molecule has 0 aliphatic heterocycles. The first-order chi connectivity index (χ1) is 38.5. The van der Waals surface area contributed by atoms with Gasteiger partial charge in [0, 0.05) is 6.42 Å². The van der Waals surface area contributed by atoms with Crippen molar-refractivity contribution >= 4 is 13.7 Å². The molecule has 0 saturated carbocycles. The number of rotatable bonds is 60. The lowest BCUT2D eigenvalue weighted by Gasteiger charge is -2.30. The van der Waals surface area contributed by atoms with Crippen LogP contribution in [0.3, 0.4) is 0 Å². The second kappa shape index (κ2) is 60.0. The monoisotopic (exact) mass is 1120 g/mol. The molecule has 0 saturated heterocycles.